The maximum absolute atomic E-state index is 13.3. The summed E-state index contributed by atoms with van der Waals surface area (Å²) in [5.74, 6) is -0.422. The Balaban J connectivity index is 1.55. The Morgan fingerprint density at radius 2 is 1.94 bits per heavy atom. The molecule has 1 saturated heterocycles. The lowest BCUT2D eigenvalue weighted by Crippen LogP contribution is -2.46. The lowest BCUT2D eigenvalue weighted by Gasteiger charge is -2.25. The van der Waals surface area contributed by atoms with Gasteiger partial charge in [0.15, 0.2) is 5.84 Å². The Bertz CT molecular complexity index is 1310. The zero-order chi connectivity index (χ0) is 24.8. The van der Waals surface area contributed by atoms with Gasteiger partial charge < -0.3 is 21.0 Å². The molecule has 0 saturated carbocycles. The molecule has 4 N–H and O–H groups in total. The van der Waals surface area contributed by atoms with E-state index in [1.165, 1.54) is 4.90 Å². The maximum atomic E-state index is 13.3. The highest BCUT2D eigenvalue weighted by Crippen LogP contribution is 2.25. The first-order valence-electron chi connectivity index (χ1n) is 10.9. The second kappa shape index (κ2) is 10.4. The molecule has 9 nitrogen and oxygen atoms in total. The predicted molar refractivity (Wildman–Crippen MR) is 130 cm³/mol. The van der Waals surface area contributed by atoms with E-state index in [2.05, 4.69) is 16.5 Å². The molecule has 0 radical (unpaired) electrons. The number of carbonyl (C=O) groups is 2. The van der Waals surface area contributed by atoms with Crippen molar-refractivity contribution in [2.75, 3.05) is 18.5 Å². The Morgan fingerprint density at radius 1 is 1.17 bits per heavy atom. The molecular formula is C26H23N5O4. The van der Waals surface area contributed by atoms with Gasteiger partial charge >= 0.3 is 6.09 Å². The zero-order valence-electron chi connectivity index (χ0n) is 18.7. The number of nitrogens with one attached hydrogen (secondary N) is 1. The summed E-state index contributed by atoms with van der Waals surface area (Å²) in [6, 6.07) is 22.7. The average molecular weight is 470 g/mol. The highest BCUT2D eigenvalue weighted by molar-refractivity contribution is 5.98. The summed E-state index contributed by atoms with van der Waals surface area (Å²) in [4.78, 5) is 27.0. The van der Waals surface area contributed by atoms with Crippen molar-refractivity contribution >= 4 is 23.5 Å². The molecule has 4 rings (SSSR count). The van der Waals surface area contributed by atoms with E-state index >= 15 is 0 Å². The van der Waals surface area contributed by atoms with E-state index in [0.717, 1.165) is 16.7 Å². The highest BCUT2D eigenvalue weighted by atomic mass is 16.6. The Hall–Kier alpha value is -4.84. The lowest BCUT2D eigenvalue weighted by molar-refractivity contribution is -0.120. The fraction of sp³-hybridized carbons (Fsp3) is 0.154. The van der Waals surface area contributed by atoms with Crippen LogP contribution in [0.5, 0.6) is 0 Å². The number of amidine groups is 1. The first kappa shape index (κ1) is 23.3. The molecule has 0 spiro atoms. The summed E-state index contributed by atoms with van der Waals surface area (Å²) in [5.41, 5.74) is 9.69. The van der Waals surface area contributed by atoms with Crippen molar-refractivity contribution in [3.05, 3.63) is 89.5 Å². The quantitative estimate of drug-likeness (QED) is 0.210. The molecule has 1 atom stereocenters. The van der Waals surface area contributed by atoms with Crippen molar-refractivity contribution in [2.45, 2.75) is 12.5 Å². The van der Waals surface area contributed by atoms with Crippen molar-refractivity contribution in [1.82, 2.24) is 4.90 Å². The Kier molecular flexibility index (Phi) is 6.93. The Labute approximate surface area is 202 Å². The second-order valence-corrected chi connectivity index (χ2v) is 7.94. The van der Waals surface area contributed by atoms with E-state index in [0.29, 0.717) is 23.4 Å². The lowest BCUT2D eigenvalue weighted by atomic mass is 10.00. The van der Waals surface area contributed by atoms with E-state index in [9.17, 15) is 14.9 Å². The summed E-state index contributed by atoms with van der Waals surface area (Å²) in [6.07, 6.45) is -0.345. The molecule has 2 amide bonds. The number of ether oxygens (including phenoxy) is 1. The molecule has 35 heavy (non-hydrogen) atoms. The van der Waals surface area contributed by atoms with Crippen LogP contribution in [0.15, 0.2) is 78.0 Å². The SMILES string of the molecule is N#Cc1ccccc1-c1ccc(NC(=O)C(Cc2cccc(/C(N)=N/O)c2)N2CCOC2=O)cc1. The number of anilines is 1. The number of nitrogens with zero attached hydrogens (tertiary/aromatic N) is 3. The molecule has 3 aromatic rings. The van der Waals surface area contributed by atoms with Gasteiger partial charge in [0.25, 0.3) is 0 Å². The zero-order valence-corrected chi connectivity index (χ0v) is 18.7. The van der Waals surface area contributed by atoms with Crippen molar-refractivity contribution in [3.8, 4) is 17.2 Å². The number of benzene rings is 3. The number of nitrogens with two attached hydrogens (primary N) is 1. The standard InChI is InChI=1S/C26H23N5O4/c27-16-20-5-1-2-7-22(20)18-8-10-21(11-9-18)29-25(32)23(31-12-13-35-26(31)33)15-17-4-3-6-19(14-17)24(28)30-34/h1-11,14,23,34H,12-13,15H2,(H2,28,30)(H,29,32). The molecule has 1 heterocycles. The van der Waals surface area contributed by atoms with Gasteiger partial charge in [0.05, 0.1) is 18.2 Å². The van der Waals surface area contributed by atoms with Crippen molar-refractivity contribution in [1.29, 1.82) is 5.26 Å². The van der Waals surface area contributed by atoms with Crippen LogP contribution in [0.1, 0.15) is 16.7 Å². The first-order valence-corrected chi connectivity index (χ1v) is 10.9. The van der Waals surface area contributed by atoms with E-state index < -0.39 is 12.1 Å². The summed E-state index contributed by atoms with van der Waals surface area (Å²) >= 11 is 0. The number of oxime groups is 1. The van der Waals surface area contributed by atoms with Gasteiger partial charge in [-0.3, -0.25) is 9.69 Å². The normalized spacial score (nSPS) is 14.2. The van der Waals surface area contributed by atoms with Gasteiger partial charge in [-0.1, -0.05) is 53.7 Å². The van der Waals surface area contributed by atoms with Crippen LogP contribution in [0, 0.1) is 11.3 Å². The van der Waals surface area contributed by atoms with E-state index in [-0.39, 0.29) is 24.8 Å². The van der Waals surface area contributed by atoms with Gasteiger partial charge in [0, 0.05) is 17.7 Å². The third-order valence-corrected chi connectivity index (χ3v) is 5.74. The molecule has 0 aliphatic carbocycles. The molecule has 3 aromatic carbocycles. The summed E-state index contributed by atoms with van der Waals surface area (Å²) < 4.78 is 5.06. The number of hydrogen-bond acceptors (Lipinski definition) is 6. The van der Waals surface area contributed by atoms with E-state index in [1.807, 2.05) is 24.3 Å². The van der Waals surface area contributed by atoms with Crippen LogP contribution in [0.2, 0.25) is 0 Å². The summed E-state index contributed by atoms with van der Waals surface area (Å²) in [7, 11) is 0. The number of nitriles is 1. The van der Waals surface area contributed by atoms with Crippen LogP contribution in [-0.4, -0.2) is 47.1 Å². The van der Waals surface area contributed by atoms with Gasteiger partial charge in [-0.15, -0.1) is 0 Å². The molecule has 9 heteroatoms. The predicted octanol–water partition coefficient (Wildman–Crippen LogP) is 3.32. The van der Waals surface area contributed by atoms with Crippen molar-refractivity contribution < 1.29 is 19.5 Å². The van der Waals surface area contributed by atoms with Gasteiger partial charge in [0.1, 0.15) is 12.6 Å². The number of rotatable bonds is 7. The molecule has 176 valence electrons. The molecule has 0 bridgehead atoms. The van der Waals surface area contributed by atoms with Crippen LogP contribution in [-0.2, 0) is 16.0 Å². The fourth-order valence-electron chi connectivity index (χ4n) is 3.96. The van der Waals surface area contributed by atoms with Gasteiger partial charge in [-0.2, -0.15) is 5.26 Å². The number of cyclic esters (lactones) is 1. The van der Waals surface area contributed by atoms with Crippen LogP contribution in [0.4, 0.5) is 10.5 Å². The number of carbonyl (C=O) groups excluding carboxylic acids is 2. The van der Waals surface area contributed by atoms with Crippen LogP contribution < -0.4 is 11.1 Å². The smallest absolute Gasteiger partial charge is 0.410 e. The minimum atomic E-state index is -0.827. The summed E-state index contributed by atoms with van der Waals surface area (Å²) in [6.45, 7) is 0.500. The Morgan fingerprint density at radius 3 is 2.63 bits per heavy atom. The largest absolute Gasteiger partial charge is 0.448 e. The second-order valence-electron chi connectivity index (χ2n) is 7.94. The van der Waals surface area contributed by atoms with Crippen LogP contribution >= 0.6 is 0 Å². The monoisotopic (exact) mass is 469 g/mol. The van der Waals surface area contributed by atoms with Crippen molar-refractivity contribution in [2.24, 2.45) is 10.9 Å². The minimum absolute atomic E-state index is 0.0495. The number of amides is 2. The molecule has 1 fully saturated rings. The molecule has 1 aliphatic rings. The topological polar surface area (TPSA) is 141 Å². The van der Waals surface area contributed by atoms with E-state index in [4.69, 9.17) is 15.7 Å². The van der Waals surface area contributed by atoms with Crippen LogP contribution in [0.3, 0.4) is 0 Å². The maximum Gasteiger partial charge on any atom is 0.410 e. The van der Waals surface area contributed by atoms with E-state index in [1.54, 1.807) is 48.5 Å². The molecular weight excluding hydrogens is 446 g/mol. The molecule has 0 aromatic heterocycles. The molecule has 1 aliphatic heterocycles. The number of hydrogen-bond donors (Lipinski definition) is 3. The third-order valence-electron chi connectivity index (χ3n) is 5.74. The van der Waals surface area contributed by atoms with Gasteiger partial charge in [-0.25, -0.2) is 4.79 Å². The highest BCUT2D eigenvalue weighted by Gasteiger charge is 2.34. The summed E-state index contributed by atoms with van der Waals surface area (Å²) in [5, 5.41) is 24.2. The first-order chi connectivity index (χ1) is 17.0. The van der Waals surface area contributed by atoms with Crippen LogP contribution in [0.25, 0.3) is 11.1 Å². The third kappa shape index (κ3) is 5.23. The van der Waals surface area contributed by atoms with Crippen molar-refractivity contribution in [3.63, 3.8) is 0 Å². The minimum Gasteiger partial charge on any atom is -0.448 e. The molecule has 1 unspecified atom stereocenters. The van der Waals surface area contributed by atoms with Gasteiger partial charge in [0.2, 0.25) is 5.91 Å². The van der Waals surface area contributed by atoms with Gasteiger partial charge in [-0.05, 0) is 41.0 Å². The average Bonchev–Trinajstić information content (AvgIpc) is 3.32. The fourth-order valence-corrected chi connectivity index (χ4v) is 3.96.